The third-order valence-corrected chi connectivity index (χ3v) is 4.24. The summed E-state index contributed by atoms with van der Waals surface area (Å²) in [5.41, 5.74) is 7.06. The fourth-order valence-corrected chi connectivity index (χ4v) is 3.04. The molecule has 1 nitrogen and oxygen atoms in total. The molecule has 0 heterocycles. The largest absolute Gasteiger partial charge is 0.325 e. The van der Waals surface area contributed by atoms with E-state index in [2.05, 4.69) is 20.8 Å². The standard InChI is InChI=1S/C12H25N/c1-4-8-11(3)9-6-7-10-12(11,13)5-2/h4-10,13H2,1-3H3. The lowest BCUT2D eigenvalue weighted by Crippen LogP contribution is -2.55. The number of hydrogen-bond donors (Lipinski definition) is 1. The molecule has 2 atom stereocenters. The monoisotopic (exact) mass is 183 g/mol. The minimum absolute atomic E-state index is 0.126. The number of nitrogens with two attached hydrogens (primary N) is 1. The summed E-state index contributed by atoms with van der Waals surface area (Å²) < 4.78 is 0. The first kappa shape index (κ1) is 11.0. The first-order valence-electron chi connectivity index (χ1n) is 5.87. The zero-order chi connectivity index (χ0) is 9.95. The van der Waals surface area contributed by atoms with Crippen molar-refractivity contribution in [2.75, 3.05) is 0 Å². The first-order chi connectivity index (χ1) is 6.08. The molecule has 0 aromatic heterocycles. The Kier molecular flexibility index (Phi) is 3.39. The maximum atomic E-state index is 6.52. The second kappa shape index (κ2) is 4.00. The molecule has 2 N–H and O–H groups in total. The van der Waals surface area contributed by atoms with E-state index in [1.165, 1.54) is 38.5 Å². The van der Waals surface area contributed by atoms with Crippen molar-refractivity contribution >= 4 is 0 Å². The van der Waals surface area contributed by atoms with Crippen LogP contribution in [0.2, 0.25) is 0 Å². The zero-order valence-electron chi connectivity index (χ0n) is 9.53. The third kappa shape index (κ3) is 1.90. The lowest BCUT2D eigenvalue weighted by Gasteiger charge is -2.50. The van der Waals surface area contributed by atoms with Crippen LogP contribution in [-0.4, -0.2) is 5.54 Å². The van der Waals surface area contributed by atoms with E-state index < -0.39 is 0 Å². The molecule has 0 aromatic rings. The maximum Gasteiger partial charge on any atom is 0.0206 e. The topological polar surface area (TPSA) is 26.0 Å². The van der Waals surface area contributed by atoms with Crippen LogP contribution in [0, 0.1) is 5.41 Å². The van der Waals surface area contributed by atoms with Crippen molar-refractivity contribution in [3.63, 3.8) is 0 Å². The van der Waals surface area contributed by atoms with E-state index in [0.29, 0.717) is 5.41 Å². The van der Waals surface area contributed by atoms with Gasteiger partial charge in [0, 0.05) is 5.54 Å². The van der Waals surface area contributed by atoms with E-state index in [1.54, 1.807) is 0 Å². The van der Waals surface area contributed by atoms with Gasteiger partial charge in [0.05, 0.1) is 0 Å². The number of rotatable bonds is 3. The molecule has 1 aliphatic carbocycles. The molecule has 0 radical (unpaired) electrons. The summed E-state index contributed by atoms with van der Waals surface area (Å²) in [5, 5.41) is 0. The fourth-order valence-electron chi connectivity index (χ4n) is 3.04. The van der Waals surface area contributed by atoms with Crippen LogP contribution in [0.15, 0.2) is 0 Å². The fraction of sp³-hybridized carbons (Fsp3) is 1.00. The average Bonchev–Trinajstić information content (AvgIpc) is 2.11. The van der Waals surface area contributed by atoms with Crippen LogP contribution < -0.4 is 5.73 Å². The van der Waals surface area contributed by atoms with Gasteiger partial charge in [0.15, 0.2) is 0 Å². The SMILES string of the molecule is CCCC1(C)CCCCC1(N)CC. The van der Waals surface area contributed by atoms with E-state index in [9.17, 15) is 0 Å². The van der Waals surface area contributed by atoms with Gasteiger partial charge in [-0.2, -0.15) is 0 Å². The molecular weight excluding hydrogens is 158 g/mol. The van der Waals surface area contributed by atoms with Gasteiger partial charge in [-0.05, 0) is 31.1 Å². The Morgan fingerprint density at radius 3 is 2.31 bits per heavy atom. The van der Waals surface area contributed by atoms with Crippen molar-refractivity contribution in [1.82, 2.24) is 0 Å². The highest BCUT2D eigenvalue weighted by Gasteiger charge is 2.44. The van der Waals surface area contributed by atoms with E-state index in [4.69, 9.17) is 5.73 Å². The van der Waals surface area contributed by atoms with E-state index in [1.807, 2.05) is 0 Å². The molecule has 1 aliphatic rings. The molecule has 2 unspecified atom stereocenters. The normalized spacial score (nSPS) is 40.6. The predicted molar refractivity (Wildman–Crippen MR) is 58.7 cm³/mol. The van der Waals surface area contributed by atoms with Crippen molar-refractivity contribution in [3.05, 3.63) is 0 Å². The summed E-state index contributed by atoms with van der Waals surface area (Å²) in [4.78, 5) is 0. The molecule has 1 rings (SSSR count). The van der Waals surface area contributed by atoms with E-state index >= 15 is 0 Å². The molecule has 1 heteroatoms. The van der Waals surface area contributed by atoms with Crippen molar-refractivity contribution in [1.29, 1.82) is 0 Å². The van der Waals surface area contributed by atoms with Gasteiger partial charge in [0.25, 0.3) is 0 Å². The quantitative estimate of drug-likeness (QED) is 0.712. The summed E-state index contributed by atoms with van der Waals surface area (Å²) in [6.45, 7) is 6.92. The zero-order valence-corrected chi connectivity index (χ0v) is 9.53. The lowest BCUT2D eigenvalue weighted by atomic mass is 9.59. The maximum absolute atomic E-state index is 6.52. The van der Waals surface area contributed by atoms with Gasteiger partial charge in [0.1, 0.15) is 0 Å². The van der Waals surface area contributed by atoms with Gasteiger partial charge < -0.3 is 5.73 Å². The van der Waals surface area contributed by atoms with Gasteiger partial charge in [-0.3, -0.25) is 0 Å². The molecule has 0 aliphatic heterocycles. The van der Waals surface area contributed by atoms with Crippen LogP contribution in [0.3, 0.4) is 0 Å². The van der Waals surface area contributed by atoms with Crippen molar-refractivity contribution in [2.24, 2.45) is 11.1 Å². The predicted octanol–water partition coefficient (Wildman–Crippen LogP) is 3.47. The Hall–Kier alpha value is -0.0400. The van der Waals surface area contributed by atoms with Crippen LogP contribution in [0.25, 0.3) is 0 Å². The molecule has 1 saturated carbocycles. The molecule has 1 fully saturated rings. The van der Waals surface area contributed by atoms with Crippen LogP contribution in [0.5, 0.6) is 0 Å². The molecule has 78 valence electrons. The highest BCUT2D eigenvalue weighted by molar-refractivity contribution is 5.01. The molecule has 0 spiro atoms. The van der Waals surface area contributed by atoms with E-state index in [-0.39, 0.29) is 5.54 Å². The Bertz CT molecular complexity index is 163. The van der Waals surface area contributed by atoms with Crippen molar-refractivity contribution in [2.45, 2.75) is 71.3 Å². The van der Waals surface area contributed by atoms with Gasteiger partial charge in [-0.15, -0.1) is 0 Å². The third-order valence-electron chi connectivity index (χ3n) is 4.24. The minimum atomic E-state index is 0.126. The second-order valence-corrected chi connectivity index (χ2v) is 5.03. The summed E-state index contributed by atoms with van der Waals surface area (Å²) in [6, 6.07) is 0. The molecule has 0 aromatic carbocycles. The van der Waals surface area contributed by atoms with Crippen LogP contribution in [0.1, 0.15) is 65.7 Å². The van der Waals surface area contributed by atoms with Gasteiger partial charge >= 0.3 is 0 Å². The second-order valence-electron chi connectivity index (χ2n) is 5.03. The first-order valence-corrected chi connectivity index (χ1v) is 5.87. The summed E-state index contributed by atoms with van der Waals surface area (Å²) >= 11 is 0. The van der Waals surface area contributed by atoms with Crippen LogP contribution in [0.4, 0.5) is 0 Å². The lowest BCUT2D eigenvalue weighted by molar-refractivity contribution is 0.0654. The minimum Gasteiger partial charge on any atom is -0.325 e. The number of hydrogen-bond acceptors (Lipinski definition) is 1. The molecular formula is C12H25N. The Morgan fingerprint density at radius 2 is 1.77 bits per heavy atom. The molecule has 0 saturated heterocycles. The van der Waals surface area contributed by atoms with Gasteiger partial charge in [0.2, 0.25) is 0 Å². The highest BCUT2D eigenvalue weighted by atomic mass is 14.8. The molecule has 0 amide bonds. The summed E-state index contributed by atoms with van der Waals surface area (Å²) in [6.07, 6.45) is 9.01. The molecule has 0 bridgehead atoms. The smallest absolute Gasteiger partial charge is 0.0206 e. The Balaban J connectivity index is 2.76. The van der Waals surface area contributed by atoms with Gasteiger partial charge in [-0.1, -0.05) is 40.0 Å². The van der Waals surface area contributed by atoms with Crippen molar-refractivity contribution < 1.29 is 0 Å². The van der Waals surface area contributed by atoms with Crippen LogP contribution in [-0.2, 0) is 0 Å². The highest BCUT2D eigenvalue weighted by Crippen LogP contribution is 2.47. The molecule has 13 heavy (non-hydrogen) atoms. The summed E-state index contributed by atoms with van der Waals surface area (Å²) in [5.74, 6) is 0. The Morgan fingerprint density at radius 1 is 1.15 bits per heavy atom. The Labute approximate surface area is 83.1 Å². The average molecular weight is 183 g/mol. The summed E-state index contributed by atoms with van der Waals surface area (Å²) in [7, 11) is 0. The van der Waals surface area contributed by atoms with E-state index in [0.717, 1.165) is 6.42 Å². The van der Waals surface area contributed by atoms with Gasteiger partial charge in [-0.25, -0.2) is 0 Å². The van der Waals surface area contributed by atoms with Crippen LogP contribution >= 0.6 is 0 Å². The van der Waals surface area contributed by atoms with Crippen molar-refractivity contribution in [3.8, 4) is 0 Å².